The molecule has 0 unspecified atom stereocenters. The standard InChI is InChI=1S/C18H13.ClH.Mg/c1-3-8-15(9-4-1)17-12-7-13-18(14-17)16-10-5-2-6-11-16;;/h1-6,8-14H;1H;/q;;+1/p-1. The van der Waals surface area contributed by atoms with Crippen LogP contribution in [0.1, 0.15) is 0 Å². The molecule has 0 bridgehead atoms. The Bertz CT molecular complexity index is 635. The molecule has 0 aromatic heterocycles. The summed E-state index contributed by atoms with van der Waals surface area (Å²) in [6.45, 7) is 0. The van der Waals surface area contributed by atoms with Crippen LogP contribution in [0.3, 0.4) is 0 Å². The van der Waals surface area contributed by atoms with Crippen LogP contribution in [-0.4, -0.2) is 19.3 Å². The highest BCUT2D eigenvalue weighted by molar-refractivity contribution is 7.01. The topological polar surface area (TPSA) is 0 Å². The minimum atomic E-state index is -0.689. The third kappa shape index (κ3) is 3.06. The molecule has 0 saturated carbocycles. The van der Waals surface area contributed by atoms with Crippen molar-refractivity contribution in [3.8, 4) is 22.3 Å². The monoisotopic (exact) mass is 288 g/mol. The third-order valence-corrected chi connectivity index (χ3v) is 5.00. The van der Waals surface area contributed by atoms with Crippen molar-refractivity contribution in [2.24, 2.45) is 0 Å². The average molecular weight is 289 g/mol. The largest absolute Gasteiger partial charge is 0.538 e. The summed E-state index contributed by atoms with van der Waals surface area (Å²) in [5.74, 6) is 0. The van der Waals surface area contributed by atoms with Crippen molar-refractivity contribution in [2.45, 2.75) is 0 Å². The molecule has 3 aromatic carbocycles. The predicted molar refractivity (Wildman–Crippen MR) is 88.6 cm³/mol. The lowest BCUT2D eigenvalue weighted by Crippen LogP contribution is -2.09. The lowest BCUT2D eigenvalue weighted by Gasteiger charge is -2.09. The van der Waals surface area contributed by atoms with Gasteiger partial charge in [-0.1, -0.05) is 72.8 Å². The predicted octanol–water partition coefficient (Wildman–Crippen LogP) is 4.50. The second kappa shape index (κ2) is 6.44. The normalized spacial score (nSPS) is 10.1. The van der Waals surface area contributed by atoms with Crippen LogP contribution in [-0.2, 0) is 0 Å². The first-order chi connectivity index (χ1) is 9.86. The summed E-state index contributed by atoms with van der Waals surface area (Å²) in [6.07, 6.45) is 0. The molecule has 3 rings (SSSR count). The first-order valence-corrected chi connectivity index (χ1v) is 9.52. The van der Waals surface area contributed by atoms with Gasteiger partial charge in [0, 0.05) is 0 Å². The van der Waals surface area contributed by atoms with Crippen LogP contribution >= 0.6 is 9.07 Å². The van der Waals surface area contributed by atoms with Gasteiger partial charge in [0.2, 0.25) is 0 Å². The van der Waals surface area contributed by atoms with Crippen LogP contribution in [0.4, 0.5) is 0 Å². The Labute approximate surface area is 132 Å². The molecule has 0 aliphatic rings. The lowest BCUT2D eigenvalue weighted by molar-refractivity contribution is 1.60. The molecular weight excluding hydrogens is 276 g/mol. The molecule has 0 aliphatic carbocycles. The Balaban J connectivity index is 2.13. The number of benzene rings is 3. The van der Waals surface area contributed by atoms with E-state index in [9.17, 15) is 0 Å². The average Bonchev–Trinajstić information content (AvgIpc) is 2.56. The van der Waals surface area contributed by atoms with Crippen molar-refractivity contribution in [2.75, 3.05) is 0 Å². The molecule has 0 aliphatic heterocycles. The summed E-state index contributed by atoms with van der Waals surface area (Å²) in [5, 5.41) is 0. The van der Waals surface area contributed by atoms with Gasteiger partial charge < -0.3 is 9.07 Å². The first kappa shape index (κ1) is 13.7. The molecule has 94 valence electrons. The highest BCUT2D eigenvalue weighted by Gasteiger charge is 2.05. The maximum Gasteiger partial charge on any atom is 0.538 e. The van der Waals surface area contributed by atoms with Crippen LogP contribution in [0.5, 0.6) is 0 Å². The van der Waals surface area contributed by atoms with Crippen molar-refractivity contribution < 1.29 is 0 Å². The molecule has 0 nitrogen and oxygen atoms in total. The highest BCUT2D eigenvalue weighted by Crippen LogP contribution is 2.25. The molecule has 0 fully saturated rings. The minimum Gasteiger partial charge on any atom is -0.336 e. The Hall–Kier alpha value is -1.28. The maximum absolute atomic E-state index is 6.18. The summed E-state index contributed by atoms with van der Waals surface area (Å²) < 4.78 is 1.28. The number of hydrogen-bond donors (Lipinski definition) is 0. The summed E-state index contributed by atoms with van der Waals surface area (Å²) >= 11 is -0.689. The van der Waals surface area contributed by atoms with Gasteiger partial charge in [0.1, 0.15) is 0 Å². The van der Waals surface area contributed by atoms with E-state index in [1.165, 1.54) is 25.9 Å². The van der Waals surface area contributed by atoms with Gasteiger partial charge >= 0.3 is 19.3 Å². The van der Waals surface area contributed by atoms with E-state index in [2.05, 4.69) is 66.7 Å². The minimum absolute atomic E-state index is 0.689. The summed E-state index contributed by atoms with van der Waals surface area (Å²) in [5.41, 5.74) is 4.97. The number of halogens is 1. The molecule has 0 saturated heterocycles. The van der Waals surface area contributed by atoms with E-state index in [0.717, 1.165) is 0 Å². The van der Waals surface area contributed by atoms with Crippen molar-refractivity contribution in [3.63, 3.8) is 0 Å². The van der Waals surface area contributed by atoms with E-state index in [1.807, 2.05) is 12.1 Å². The van der Waals surface area contributed by atoms with E-state index in [4.69, 9.17) is 9.07 Å². The van der Waals surface area contributed by atoms with E-state index in [1.54, 1.807) is 0 Å². The van der Waals surface area contributed by atoms with Gasteiger partial charge in [0.05, 0.1) is 0 Å². The number of hydrogen-bond acceptors (Lipinski definition) is 0. The summed E-state index contributed by atoms with van der Waals surface area (Å²) in [4.78, 5) is 0. The fourth-order valence-corrected chi connectivity index (χ4v) is 3.42. The van der Waals surface area contributed by atoms with Gasteiger partial charge in [-0.05, 0) is 28.3 Å². The van der Waals surface area contributed by atoms with Crippen LogP contribution in [0.15, 0.2) is 78.9 Å². The van der Waals surface area contributed by atoms with Crippen molar-refractivity contribution in [1.29, 1.82) is 0 Å². The van der Waals surface area contributed by atoms with Crippen LogP contribution in [0.2, 0.25) is 0 Å². The van der Waals surface area contributed by atoms with Gasteiger partial charge in [-0.25, -0.2) is 0 Å². The SMILES string of the molecule is [Cl][Mg][c]1cc(-c2ccccc2)cc(-c2ccccc2)c1. The zero-order chi connectivity index (χ0) is 13.8. The van der Waals surface area contributed by atoms with Gasteiger partial charge in [-0.2, -0.15) is 0 Å². The molecule has 0 radical (unpaired) electrons. The smallest absolute Gasteiger partial charge is 0.336 e. The Kier molecular flexibility index (Phi) is 4.41. The number of rotatable bonds is 3. The van der Waals surface area contributed by atoms with Crippen molar-refractivity contribution in [3.05, 3.63) is 78.9 Å². The molecular formula is C18H13ClMg. The van der Waals surface area contributed by atoms with Crippen LogP contribution < -0.4 is 3.69 Å². The molecule has 0 N–H and O–H groups in total. The molecule has 0 amide bonds. The van der Waals surface area contributed by atoms with Gasteiger partial charge in [0.15, 0.2) is 0 Å². The molecule has 3 aromatic rings. The fourth-order valence-electron chi connectivity index (χ4n) is 2.36. The van der Waals surface area contributed by atoms with Gasteiger partial charge in [-0.3, -0.25) is 0 Å². The molecule has 20 heavy (non-hydrogen) atoms. The maximum atomic E-state index is 6.18. The molecule has 2 heteroatoms. The highest BCUT2D eigenvalue weighted by atomic mass is 35.5. The fraction of sp³-hybridized carbons (Fsp3) is 0. The summed E-state index contributed by atoms with van der Waals surface area (Å²) in [7, 11) is 6.18. The lowest BCUT2D eigenvalue weighted by atomic mass is 9.99. The Morgan fingerprint density at radius 2 is 1.00 bits per heavy atom. The van der Waals surface area contributed by atoms with E-state index < -0.39 is 19.3 Å². The van der Waals surface area contributed by atoms with Crippen molar-refractivity contribution >= 4 is 32.0 Å². The van der Waals surface area contributed by atoms with Crippen molar-refractivity contribution in [1.82, 2.24) is 0 Å². The molecule has 0 spiro atoms. The third-order valence-electron chi connectivity index (χ3n) is 3.36. The van der Waals surface area contributed by atoms with Crippen LogP contribution in [0, 0.1) is 0 Å². The zero-order valence-corrected chi connectivity index (χ0v) is 13.3. The summed E-state index contributed by atoms with van der Waals surface area (Å²) in [6, 6.07) is 27.6. The van der Waals surface area contributed by atoms with E-state index in [-0.39, 0.29) is 0 Å². The van der Waals surface area contributed by atoms with Gasteiger partial charge in [0.25, 0.3) is 0 Å². The molecule has 0 heterocycles. The van der Waals surface area contributed by atoms with Crippen LogP contribution in [0.25, 0.3) is 22.3 Å². The Morgan fingerprint density at radius 1 is 0.550 bits per heavy atom. The van der Waals surface area contributed by atoms with E-state index in [0.29, 0.717) is 0 Å². The quantitative estimate of drug-likeness (QED) is 0.623. The zero-order valence-electron chi connectivity index (χ0n) is 11.1. The second-order valence-electron chi connectivity index (χ2n) is 4.78. The second-order valence-corrected chi connectivity index (χ2v) is 6.67. The van der Waals surface area contributed by atoms with Gasteiger partial charge in [-0.15, -0.1) is 3.69 Å². The Morgan fingerprint density at radius 3 is 1.40 bits per heavy atom. The van der Waals surface area contributed by atoms with E-state index >= 15 is 0 Å². The first-order valence-electron chi connectivity index (χ1n) is 6.67. The molecule has 0 atom stereocenters.